The summed E-state index contributed by atoms with van der Waals surface area (Å²) in [4.78, 5) is 10.0. The van der Waals surface area contributed by atoms with Crippen LogP contribution in [0, 0.1) is 13.8 Å². The van der Waals surface area contributed by atoms with Crippen LogP contribution in [0.5, 0.6) is 0 Å². The maximum atomic E-state index is 6.13. The average molecular weight is 341 g/mol. The molecule has 0 bridgehead atoms. The molecular weight excluding hydrogens is 327 g/mol. The Bertz CT molecular complexity index is 837. The van der Waals surface area contributed by atoms with Gasteiger partial charge in [-0.1, -0.05) is 23.2 Å². The zero-order chi connectivity index (χ0) is 15.3. The SMILES string of the molecule is Cc1nc(C)c(C(C)n2c(N)nc3cc(Cl)c(Cl)cc32)s1. The number of benzene rings is 1. The van der Waals surface area contributed by atoms with Crippen molar-refractivity contribution in [3.8, 4) is 0 Å². The summed E-state index contributed by atoms with van der Waals surface area (Å²) in [6.45, 7) is 6.09. The van der Waals surface area contributed by atoms with Crippen molar-refractivity contribution in [3.05, 3.63) is 37.8 Å². The van der Waals surface area contributed by atoms with Crippen molar-refractivity contribution in [1.82, 2.24) is 14.5 Å². The molecule has 0 amide bonds. The highest BCUT2D eigenvalue weighted by atomic mass is 35.5. The first kappa shape index (κ1) is 14.6. The summed E-state index contributed by atoms with van der Waals surface area (Å²) < 4.78 is 1.97. The van der Waals surface area contributed by atoms with Gasteiger partial charge in [0.2, 0.25) is 5.95 Å². The third kappa shape index (κ3) is 2.39. The number of rotatable bonds is 2. The second-order valence-electron chi connectivity index (χ2n) is 4.95. The highest BCUT2D eigenvalue weighted by molar-refractivity contribution is 7.11. The van der Waals surface area contributed by atoms with E-state index >= 15 is 0 Å². The van der Waals surface area contributed by atoms with E-state index in [4.69, 9.17) is 28.9 Å². The monoisotopic (exact) mass is 340 g/mol. The second kappa shape index (κ2) is 5.16. The van der Waals surface area contributed by atoms with Gasteiger partial charge in [0.1, 0.15) is 0 Å². The highest BCUT2D eigenvalue weighted by Crippen LogP contribution is 2.35. The molecule has 1 atom stereocenters. The first-order valence-corrected chi connectivity index (χ1v) is 8.02. The van der Waals surface area contributed by atoms with E-state index in [9.17, 15) is 0 Å². The van der Waals surface area contributed by atoms with Gasteiger partial charge < -0.3 is 10.3 Å². The van der Waals surface area contributed by atoms with Crippen LogP contribution in [0.15, 0.2) is 12.1 Å². The standard InChI is InChI=1S/C14H14Cl2N4S/c1-6-13(21-8(3)18-6)7(2)20-12-5-10(16)9(15)4-11(12)19-14(20)17/h4-5,7H,1-3H3,(H2,17,19). The Morgan fingerprint density at radius 3 is 2.48 bits per heavy atom. The number of halogens is 2. The molecule has 0 aliphatic rings. The van der Waals surface area contributed by atoms with Crippen molar-refractivity contribution in [1.29, 1.82) is 0 Å². The molecule has 0 saturated heterocycles. The van der Waals surface area contributed by atoms with Gasteiger partial charge >= 0.3 is 0 Å². The van der Waals surface area contributed by atoms with Gasteiger partial charge in [0.25, 0.3) is 0 Å². The summed E-state index contributed by atoms with van der Waals surface area (Å²) in [5, 5.41) is 2.01. The zero-order valence-corrected chi connectivity index (χ0v) is 14.1. The Hall–Kier alpha value is -1.30. The molecule has 0 fully saturated rings. The number of aryl methyl sites for hydroxylation is 2. The van der Waals surface area contributed by atoms with Crippen LogP contribution in [-0.2, 0) is 0 Å². The van der Waals surface area contributed by atoms with E-state index in [1.807, 2.05) is 24.5 Å². The summed E-state index contributed by atoms with van der Waals surface area (Å²) in [7, 11) is 0. The van der Waals surface area contributed by atoms with Crippen molar-refractivity contribution < 1.29 is 0 Å². The lowest BCUT2D eigenvalue weighted by Crippen LogP contribution is -2.10. The fourth-order valence-corrected chi connectivity index (χ4v) is 3.85. The molecule has 0 radical (unpaired) electrons. The van der Waals surface area contributed by atoms with Crippen molar-refractivity contribution in [2.75, 3.05) is 5.73 Å². The number of nitrogens with two attached hydrogens (primary N) is 1. The van der Waals surface area contributed by atoms with E-state index in [1.165, 1.54) is 4.88 Å². The maximum Gasteiger partial charge on any atom is 0.201 e. The van der Waals surface area contributed by atoms with Crippen molar-refractivity contribution in [3.63, 3.8) is 0 Å². The summed E-state index contributed by atoms with van der Waals surface area (Å²) in [6.07, 6.45) is 0. The van der Waals surface area contributed by atoms with Crippen molar-refractivity contribution in [2.45, 2.75) is 26.8 Å². The summed E-state index contributed by atoms with van der Waals surface area (Å²) in [5.74, 6) is 0.446. The Labute approximate surface area is 136 Å². The average Bonchev–Trinajstić information content (AvgIpc) is 2.89. The van der Waals surface area contributed by atoms with Crippen LogP contribution in [0.25, 0.3) is 11.0 Å². The molecule has 0 spiro atoms. The van der Waals surface area contributed by atoms with Gasteiger partial charge in [0, 0.05) is 0 Å². The minimum absolute atomic E-state index is 0.0402. The molecule has 1 aromatic carbocycles. The Balaban J connectivity index is 2.22. The maximum absolute atomic E-state index is 6.13. The largest absolute Gasteiger partial charge is 0.369 e. The minimum Gasteiger partial charge on any atom is -0.369 e. The fraction of sp³-hybridized carbons (Fsp3) is 0.286. The fourth-order valence-electron chi connectivity index (χ4n) is 2.57. The third-order valence-corrected chi connectivity index (χ3v) is 5.43. The molecule has 7 heteroatoms. The van der Waals surface area contributed by atoms with Gasteiger partial charge in [-0.2, -0.15) is 0 Å². The molecule has 0 aliphatic heterocycles. The number of nitrogen functional groups attached to an aromatic ring is 1. The predicted octanol–water partition coefficient (Wildman–Crippen LogP) is 4.61. The van der Waals surface area contributed by atoms with Gasteiger partial charge in [-0.15, -0.1) is 11.3 Å². The van der Waals surface area contributed by atoms with Crippen molar-refractivity contribution in [2.24, 2.45) is 0 Å². The number of aromatic nitrogens is 3. The number of hydrogen-bond donors (Lipinski definition) is 1. The normalized spacial score (nSPS) is 13.0. The van der Waals surface area contributed by atoms with E-state index in [2.05, 4.69) is 16.9 Å². The molecule has 4 nitrogen and oxygen atoms in total. The highest BCUT2D eigenvalue weighted by Gasteiger charge is 2.20. The van der Waals surface area contributed by atoms with Crippen LogP contribution in [0.1, 0.15) is 28.5 Å². The molecule has 110 valence electrons. The number of hydrogen-bond acceptors (Lipinski definition) is 4. The van der Waals surface area contributed by atoms with Gasteiger partial charge in [0.15, 0.2) is 0 Å². The topological polar surface area (TPSA) is 56.7 Å². The van der Waals surface area contributed by atoms with Gasteiger partial charge in [-0.25, -0.2) is 9.97 Å². The number of anilines is 1. The van der Waals surface area contributed by atoms with Gasteiger partial charge in [-0.05, 0) is 32.9 Å². The summed E-state index contributed by atoms with van der Waals surface area (Å²) in [5.41, 5.74) is 8.74. The first-order valence-electron chi connectivity index (χ1n) is 6.45. The number of imidazole rings is 1. The molecule has 0 aliphatic carbocycles. The molecular formula is C14H14Cl2N4S. The molecule has 3 rings (SSSR count). The van der Waals surface area contributed by atoms with Crippen LogP contribution < -0.4 is 5.73 Å². The molecule has 0 saturated carbocycles. The lowest BCUT2D eigenvalue weighted by atomic mass is 10.2. The Kier molecular flexibility index (Phi) is 3.59. The molecule has 3 aromatic rings. The predicted molar refractivity (Wildman–Crippen MR) is 89.6 cm³/mol. The van der Waals surface area contributed by atoms with E-state index in [0.717, 1.165) is 21.7 Å². The molecule has 2 N–H and O–H groups in total. The van der Waals surface area contributed by atoms with E-state index in [1.54, 1.807) is 17.4 Å². The molecule has 2 heterocycles. The van der Waals surface area contributed by atoms with Crippen molar-refractivity contribution >= 4 is 51.5 Å². The van der Waals surface area contributed by atoms with E-state index < -0.39 is 0 Å². The minimum atomic E-state index is 0.0402. The van der Waals surface area contributed by atoms with Crippen LogP contribution in [0.2, 0.25) is 10.0 Å². The smallest absolute Gasteiger partial charge is 0.201 e. The third-order valence-electron chi connectivity index (χ3n) is 3.46. The number of fused-ring (bicyclic) bond motifs is 1. The molecule has 21 heavy (non-hydrogen) atoms. The summed E-state index contributed by atoms with van der Waals surface area (Å²) >= 11 is 13.8. The van der Waals surface area contributed by atoms with E-state index in [-0.39, 0.29) is 6.04 Å². The molecule has 2 aromatic heterocycles. The quantitative estimate of drug-likeness (QED) is 0.741. The first-order chi connectivity index (χ1) is 9.88. The van der Waals surface area contributed by atoms with Gasteiger partial charge in [0.05, 0.1) is 42.7 Å². The second-order valence-corrected chi connectivity index (χ2v) is 7.00. The van der Waals surface area contributed by atoms with Crippen LogP contribution in [0.4, 0.5) is 5.95 Å². The number of nitrogens with zero attached hydrogens (tertiary/aromatic N) is 3. The zero-order valence-electron chi connectivity index (χ0n) is 11.8. The lowest BCUT2D eigenvalue weighted by Gasteiger charge is -2.15. The molecule has 1 unspecified atom stereocenters. The lowest BCUT2D eigenvalue weighted by molar-refractivity contribution is 0.674. The summed E-state index contributed by atoms with van der Waals surface area (Å²) in [6, 6.07) is 3.59. The Morgan fingerprint density at radius 1 is 1.19 bits per heavy atom. The Morgan fingerprint density at radius 2 is 1.86 bits per heavy atom. The van der Waals surface area contributed by atoms with Crippen LogP contribution >= 0.6 is 34.5 Å². The van der Waals surface area contributed by atoms with Crippen LogP contribution in [-0.4, -0.2) is 14.5 Å². The van der Waals surface area contributed by atoms with Crippen LogP contribution in [0.3, 0.4) is 0 Å². The van der Waals surface area contributed by atoms with Gasteiger partial charge in [-0.3, -0.25) is 0 Å². The van der Waals surface area contributed by atoms with E-state index in [0.29, 0.717) is 16.0 Å². The number of thiazole rings is 1.